The second kappa shape index (κ2) is 6.50. The van der Waals surface area contributed by atoms with Crippen LogP contribution in [0, 0.1) is 0 Å². The van der Waals surface area contributed by atoms with E-state index in [1.807, 2.05) is 30.3 Å². The molecule has 86 valence electrons. The molecule has 0 aromatic heterocycles. The summed E-state index contributed by atoms with van der Waals surface area (Å²) in [5.74, 6) is 0.306. The van der Waals surface area contributed by atoms with E-state index in [2.05, 4.69) is 0 Å². The first kappa shape index (κ1) is 12.1. The predicted molar refractivity (Wildman–Crippen MR) is 60.8 cm³/mol. The van der Waals surface area contributed by atoms with E-state index < -0.39 is 5.97 Å². The zero-order valence-electron chi connectivity index (χ0n) is 9.18. The second-order valence-corrected chi connectivity index (χ2v) is 3.22. The topological polar surface area (TPSA) is 61.6 Å². The van der Waals surface area contributed by atoms with Gasteiger partial charge in [-0.15, -0.1) is 0 Å². The van der Waals surface area contributed by atoms with Gasteiger partial charge in [-0.3, -0.25) is 0 Å². The molecule has 1 aromatic rings. The lowest BCUT2D eigenvalue weighted by Crippen LogP contribution is -2.11. The van der Waals surface area contributed by atoms with Crippen molar-refractivity contribution in [1.82, 2.24) is 0 Å². The molecule has 0 radical (unpaired) electrons. The Bertz CT molecular complexity index is 356. The van der Waals surface area contributed by atoms with E-state index in [4.69, 9.17) is 15.2 Å². The molecule has 0 spiro atoms. The normalized spacial score (nSPS) is 10.9. The van der Waals surface area contributed by atoms with Crippen molar-refractivity contribution in [2.45, 2.75) is 6.92 Å². The van der Waals surface area contributed by atoms with Gasteiger partial charge in [0.25, 0.3) is 0 Å². The van der Waals surface area contributed by atoms with Gasteiger partial charge in [-0.05, 0) is 19.1 Å². The monoisotopic (exact) mass is 221 g/mol. The van der Waals surface area contributed by atoms with Crippen molar-refractivity contribution in [3.63, 3.8) is 0 Å². The minimum Gasteiger partial charge on any atom is -0.490 e. The number of carbonyl (C=O) groups is 1. The molecule has 0 aliphatic heterocycles. The maximum Gasteiger partial charge on any atom is 0.332 e. The summed E-state index contributed by atoms with van der Waals surface area (Å²) in [7, 11) is 0. The number of rotatable bonds is 5. The van der Waals surface area contributed by atoms with Gasteiger partial charge in [-0.25, -0.2) is 4.79 Å². The van der Waals surface area contributed by atoms with Gasteiger partial charge in [-0.1, -0.05) is 18.2 Å². The van der Waals surface area contributed by atoms with Crippen molar-refractivity contribution in [2.24, 2.45) is 5.73 Å². The van der Waals surface area contributed by atoms with E-state index in [0.29, 0.717) is 12.3 Å². The van der Waals surface area contributed by atoms with Crippen molar-refractivity contribution >= 4 is 5.97 Å². The van der Waals surface area contributed by atoms with Gasteiger partial charge in [0.2, 0.25) is 0 Å². The Balaban J connectivity index is 2.18. The fraction of sp³-hybridized carbons (Fsp3) is 0.250. The number of allylic oxidation sites excluding steroid dienone is 1. The third kappa shape index (κ3) is 5.05. The van der Waals surface area contributed by atoms with Gasteiger partial charge in [0.15, 0.2) is 0 Å². The summed E-state index contributed by atoms with van der Waals surface area (Å²) in [5.41, 5.74) is 5.74. The summed E-state index contributed by atoms with van der Waals surface area (Å²) in [6, 6.07) is 9.34. The number of carbonyl (C=O) groups excluding carboxylic acids is 1. The average molecular weight is 221 g/mol. The molecule has 0 saturated heterocycles. The van der Waals surface area contributed by atoms with Crippen LogP contribution in [0.25, 0.3) is 0 Å². The Morgan fingerprint density at radius 3 is 2.62 bits per heavy atom. The number of para-hydroxylation sites is 1. The molecule has 0 fully saturated rings. The number of benzene rings is 1. The Hall–Kier alpha value is -1.97. The highest BCUT2D eigenvalue weighted by molar-refractivity contribution is 5.82. The first-order valence-electron chi connectivity index (χ1n) is 4.97. The maximum atomic E-state index is 11.0. The standard InChI is InChI=1S/C12H15NO3/c1-10(13)9-12(14)16-8-7-15-11-5-3-2-4-6-11/h2-6,9H,7-8,13H2,1H3/b10-9-. The zero-order chi connectivity index (χ0) is 11.8. The second-order valence-electron chi connectivity index (χ2n) is 3.22. The summed E-state index contributed by atoms with van der Waals surface area (Å²) in [4.78, 5) is 11.0. The fourth-order valence-corrected chi connectivity index (χ4v) is 1.05. The Kier molecular flexibility index (Phi) is 4.92. The minimum absolute atomic E-state index is 0.206. The van der Waals surface area contributed by atoms with Gasteiger partial charge in [-0.2, -0.15) is 0 Å². The summed E-state index contributed by atoms with van der Waals surface area (Å²) < 4.78 is 10.2. The van der Waals surface area contributed by atoms with E-state index in [-0.39, 0.29) is 6.61 Å². The number of esters is 1. The fourth-order valence-electron chi connectivity index (χ4n) is 1.05. The molecule has 0 unspecified atom stereocenters. The smallest absolute Gasteiger partial charge is 0.332 e. The number of ether oxygens (including phenoxy) is 2. The summed E-state index contributed by atoms with van der Waals surface area (Å²) in [5, 5.41) is 0. The van der Waals surface area contributed by atoms with Gasteiger partial charge >= 0.3 is 5.97 Å². The molecule has 4 nitrogen and oxygen atoms in total. The van der Waals surface area contributed by atoms with Crippen LogP contribution in [0.5, 0.6) is 5.75 Å². The quantitative estimate of drug-likeness (QED) is 0.464. The van der Waals surface area contributed by atoms with Crippen molar-refractivity contribution in [3.8, 4) is 5.75 Å². The molecule has 1 rings (SSSR count). The van der Waals surface area contributed by atoms with Crippen molar-refractivity contribution in [2.75, 3.05) is 13.2 Å². The molecule has 0 atom stereocenters. The van der Waals surface area contributed by atoms with E-state index >= 15 is 0 Å². The summed E-state index contributed by atoms with van der Waals surface area (Å²) in [6.45, 7) is 2.16. The summed E-state index contributed by atoms with van der Waals surface area (Å²) >= 11 is 0. The molecule has 0 bridgehead atoms. The van der Waals surface area contributed by atoms with Gasteiger partial charge in [0, 0.05) is 11.8 Å². The molecule has 0 heterocycles. The largest absolute Gasteiger partial charge is 0.490 e. The highest BCUT2D eigenvalue weighted by Gasteiger charge is 1.98. The molecule has 0 aliphatic carbocycles. The first-order valence-corrected chi connectivity index (χ1v) is 4.97. The SMILES string of the molecule is C/C(N)=C/C(=O)OCCOc1ccccc1. The van der Waals surface area contributed by atoms with Crippen LogP contribution >= 0.6 is 0 Å². The van der Waals surface area contributed by atoms with Crippen molar-refractivity contribution < 1.29 is 14.3 Å². The average Bonchev–Trinajstić information content (AvgIpc) is 2.25. The van der Waals surface area contributed by atoms with Gasteiger partial charge < -0.3 is 15.2 Å². The van der Waals surface area contributed by atoms with E-state index in [1.165, 1.54) is 6.08 Å². The van der Waals surface area contributed by atoms with Crippen LogP contribution in [-0.4, -0.2) is 19.2 Å². The molecule has 0 aliphatic rings. The van der Waals surface area contributed by atoms with Crippen LogP contribution in [0.1, 0.15) is 6.92 Å². The summed E-state index contributed by atoms with van der Waals surface area (Å²) in [6.07, 6.45) is 1.24. The van der Waals surface area contributed by atoms with Crippen molar-refractivity contribution in [1.29, 1.82) is 0 Å². The number of hydrogen-bond donors (Lipinski definition) is 1. The van der Waals surface area contributed by atoms with E-state index in [1.54, 1.807) is 6.92 Å². The van der Waals surface area contributed by atoms with Crippen LogP contribution in [0.3, 0.4) is 0 Å². The van der Waals surface area contributed by atoms with Crippen LogP contribution < -0.4 is 10.5 Å². The highest BCUT2D eigenvalue weighted by Crippen LogP contribution is 2.07. The lowest BCUT2D eigenvalue weighted by Gasteiger charge is -2.05. The van der Waals surface area contributed by atoms with Crippen LogP contribution in [0.2, 0.25) is 0 Å². The Morgan fingerprint density at radius 2 is 2.00 bits per heavy atom. The molecule has 4 heteroatoms. The maximum absolute atomic E-state index is 11.0. The third-order valence-electron chi connectivity index (χ3n) is 1.69. The van der Waals surface area contributed by atoms with Gasteiger partial charge in [0.05, 0.1) is 0 Å². The number of nitrogens with two attached hydrogens (primary N) is 1. The Morgan fingerprint density at radius 1 is 1.31 bits per heavy atom. The van der Waals surface area contributed by atoms with Crippen LogP contribution in [0.15, 0.2) is 42.1 Å². The molecule has 16 heavy (non-hydrogen) atoms. The lowest BCUT2D eigenvalue weighted by molar-refractivity contribution is -0.138. The zero-order valence-corrected chi connectivity index (χ0v) is 9.18. The highest BCUT2D eigenvalue weighted by atomic mass is 16.6. The van der Waals surface area contributed by atoms with Crippen molar-refractivity contribution in [3.05, 3.63) is 42.1 Å². The molecule has 1 aromatic carbocycles. The van der Waals surface area contributed by atoms with E-state index in [9.17, 15) is 4.79 Å². The predicted octanol–water partition coefficient (Wildman–Crippen LogP) is 1.47. The van der Waals surface area contributed by atoms with Crippen LogP contribution in [0.4, 0.5) is 0 Å². The minimum atomic E-state index is -0.448. The molecule has 0 amide bonds. The molecular formula is C12H15NO3. The van der Waals surface area contributed by atoms with Gasteiger partial charge in [0.1, 0.15) is 19.0 Å². The Labute approximate surface area is 94.7 Å². The molecule has 2 N–H and O–H groups in total. The van der Waals surface area contributed by atoms with E-state index in [0.717, 1.165) is 5.75 Å². The van der Waals surface area contributed by atoms with Crippen LogP contribution in [-0.2, 0) is 9.53 Å². The molecular weight excluding hydrogens is 206 g/mol. The third-order valence-corrected chi connectivity index (χ3v) is 1.69. The molecule has 0 saturated carbocycles. The lowest BCUT2D eigenvalue weighted by atomic mass is 10.3. The first-order chi connectivity index (χ1) is 7.68. The number of hydrogen-bond acceptors (Lipinski definition) is 4.